The number of carbonyl (C=O) groups is 1. The highest BCUT2D eigenvalue weighted by molar-refractivity contribution is 9.10. The SMILES string of the molecule is O=C(Nc1cnn(Cc2cccc(Cl)c2)c1)c1cccc(COc2ccccc2Br)c1. The molecule has 7 heteroatoms. The highest BCUT2D eigenvalue weighted by atomic mass is 79.9. The number of ether oxygens (including phenoxy) is 1. The number of hydrogen-bond acceptors (Lipinski definition) is 3. The summed E-state index contributed by atoms with van der Waals surface area (Å²) < 4.78 is 8.48. The molecule has 156 valence electrons. The van der Waals surface area contributed by atoms with Gasteiger partial charge in [-0.3, -0.25) is 9.48 Å². The van der Waals surface area contributed by atoms with Crippen LogP contribution in [0.15, 0.2) is 89.7 Å². The summed E-state index contributed by atoms with van der Waals surface area (Å²) in [7, 11) is 0. The van der Waals surface area contributed by atoms with E-state index in [4.69, 9.17) is 16.3 Å². The van der Waals surface area contributed by atoms with Crippen molar-refractivity contribution in [2.75, 3.05) is 5.32 Å². The van der Waals surface area contributed by atoms with Gasteiger partial charge >= 0.3 is 0 Å². The Kier molecular flexibility index (Phi) is 6.70. The summed E-state index contributed by atoms with van der Waals surface area (Å²) in [6, 6.07) is 22.6. The van der Waals surface area contributed by atoms with Crippen LogP contribution in [0.1, 0.15) is 21.5 Å². The maximum Gasteiger partial charge on any atom is 0.255 e. The van der Waals surface area contributed by atoms with E-state index in [1.165, 1.54) is 0 Å². The molecule has 1 heterocycles. The Bertz CT molecular complexity index is 1210. The maximum atomic E-state index is 12.7. The van der Waals surface area contributed by atoms with Crippen LogP contribution in [0.3, 0.4) is 0 Å². The zero-order valence-corrected chi connectivity index (χ0v) is 18.8. The van der Waals surface area contributed by atoms with E-state index in [9.17, 15) is 4.79 Å². The van der Waals surface area contributed by atoms with Crippen molar-refractivity contribution in [3.63, 3.8) is 0 Å². The Balaban J connectivity index is 1.38. The number of hydrogen-bond donors (Lipinski definition) is 1. The lowest BCUT2D eigenvalue weighted by molar-refractivity contribution is 0.102. The molecule has 0 aliphatic carbocycles. The fourth-order valence-electron chi connectivity index (χ4n) is 3.07. The summed E-state index contributed by atoms with van der Waals surface area (Å²) in [5.41, 5.74) is 3.11. The van der Waals surface area contributed by atoms with Crippen molar-refractivity contribution in [3.8, 4) is 5.75 Å². The molecule has 0 atom stereocenters. The summed E-state index contributed by atoms with van der Waals surface area (Å²) in [5.74, 6) is 0.550. The fraction of sp³-hybridized carbons (Fsp3) is 0.0833. The molecule has 4 aromatic rings. The number of aromatic nitrogens is 2. The van der Waals surface area contributed by atoms with E-state index >= 15 is 0 Å². The van der Waals surface area contributed by atoms with Gasteiger partial charge in [0.1, 0.15) is 12.4 Å². The predicted molar refractivity (Wildman–Crippen MR) is 126 cm³/mol. The maximum absolute atomic E-state index is 12.7. The number of nitrogens with zero attached hydrogens (tertiary/aromatic N) is 2. The average molecular weight is 497 g/mol. The van der Waals surface area contributed by atoms with Crippen LogP contribution in [0.4, 0.5) is 5.69 Å². The molecule has 4 rings (SSSR count). The number of halogens is 2. The lowest BCUT2D eigenvalue weighted by atomic mass is 10.1. The van der Waals surface area contributed by atoms with Gasteiger partial charge in [-0.05, 0) is 63.5 Å². The molecule has 0 spiro atoms. The first-order valence-electron chi connectivity index (χ1n) is 9.61. The topological polar surface area (TPSA) is 56.2 Å². The van der Waals surface area contributed by atoms with Crippen molar-refractivity contribution < 1.29 is 9.53 Å². The zero-order valence-electron chi connectivity index (χ0n) is 16.5. The standard InChI is InChI=1S/C24H19BrClN3O2/c25-22-9-1-2-10-23(22)31-16-18-6-3-7-19(11-18)24(30)28-21-13-27-29(15-21)14-17-5-4-8-20(26)12-17/h1-13,15H,14,16H2,(H,28,30). The quantitative estimate of drug-likeness (QED) is 0.332. The Labute approximate surface area is 193 Å². The second kappa shape index (κ2) is 9.81. The van der Waals surface area contributed by atoms with Gasteiger partial charge in [0.2, 0.25) is 0 Å². The largest absolute Gasteiger partial charge is 0.488 e. The molecule has 1 aromatic heterocycles. The van der Waals surface area contributed by atoms with E-state index in [1.54, 1.807) is 23.1 Å². The lowest BCUT2D eigenvalue weighted by Crippen LogP contribution is -2.12. The first-order chi connectivity index (χ1) is 15.1. The molecule has 3 aromatic carbocycles. The van der Waals surface area contributed by atoms with Crippen LogP contribution in [0.25, 0.3) is 0 Å². The lowest BCUT2D eigenvalue weighted by Gasteiger charge is -2.09. The van der Waals surface area contributed by atoms with Crippen molar-refractivity contribution in [2.45, 2.75) is 13.2 Å². The normalized spacial score (nSPS) is 10.6. The molecule has 0 fully saturated rings. The first kappa shape index (κ1) is 21.2. The van der Waals surface area contributed by atoms with Gasteiger partial charge in [-0.25, -0.2) is 0 Å². The van der Waals surface area contributed by atoms with Crippen molar-refractivity contribution >= 4 is 39.1 Å². The number of rotatable bonds is 7. The van der Waals surface area contributed by atoms with Crippen molar-refractivity contribution in [1.82, 2.24) is 9.78 Å². The average Bonchev–Trinajstić information content (AvgIpc) is 3.20. The molecule has 0 aliphatic rings. The molecular weight excluding hydrogens is 478 g/mol. The fourth-order valence-corrected chi connectivity index (χ4v) is 3.68. The van der Waals surface area contributed by atoms with Crippen LogP contribution in [-0.2, 0) is 13.2 Å². The van der Waals surface area contributed by atoms with Crippen molar-refractivity contribution in [2.24, 2.45) is 0 Å². The third kappa shape index (κ3) is 5.75. The predicted octanol–water partition coefficient (Wildman–Crippen LogP) is 6.18. The Morgan fingerprint density at radius 2 is 1.84 bits per heavy atom. The second-order valence-electron chi connectivity index (χ2n) is 6.93. The molecule has 0 saturated carbocycles. The van der Waals surface area contributed by atoms with E-state index < -0.39 is 0 Å². The minimum Gasteiger partial charge on any atom is -0.488 e. The zero-order chi connectivity index (χ0) is 21.6. The van der Waals surface area contributed by atoms with E-state index in [2.05, 4.69) is 26.3 Å². The summed E-state index contributed by atoms with van der Waals surface area (Å²) in [6.45, 7) is 0.930. The highest BCUT2D eigenvalue weighted by Gasteiger charge is 2.09. The van der Waals surface area contributed by atoms with E-state index in [-0.39, 0.29) is 5.91 Å². The van der Waals surface area contributed by atoms with Crippen LogP contribution < -0.4 is 10.1 Å². The van der Waals surface area contributed by atoms with Crippen LogP contribution >= 0.6 is 27.5 Å². The highest BCUT2D eigenvalue weighted by Crippen LogP contribution is 2.25. The second-order valence-corrected chi connectivity index (χ2v) is 8.22. The Hall–Kier alpha value is -3.09. The van der Waals surface area contributed by atoms with Gasteiger partial charge in [0.25, 0.3) is 5.91 Å². The molecular formula is C24H19BrClN3O2. The summed E-state index contributed by atoms with van der Waals surface area (Å²) in [4.78, 5) is 12.7. The number of anilines is 1. The Morgan fingerprint density at radius 1 is 1.03 bits per heavy atom. The minimum absolute atomic E-state index is 0.204. The monoisotopic (exact) mass is 495 g/mol. The minimum atomic E-state index is -0.204. The summed E-state index contributed by atoms with van der Waals surface area (Å²) in [5, 5.41) is 7.88. The van der Waals surface area contributed by atoms with Gasteiger partial charge in [-0.1, -0.05) is 48.0 Å². The van der Waals surface area contributed by atoms with Crippen LogP contribution in [0.2, 0.25) is 5.02 Å². The molecule has 1 amide bonds. The molecule has 0 saturated heterocycles. The van der Waals surface area contributed by atoms with E-state index in [0.29, 0.717) is 29.4 Å². The Morgan fingerprint density at radius 3 is 2.68 bits per heavy atom. The van der Waals surface area contributed by atoms with E-state index in [0.717, 1.165) is 21.3 Å². The third-order valence-corrected chi connectivity index (χ3v) is 5.44. The number of amides is 1. The van der Waals surface area contributed by atoms with Crippen molar-refractivity contribution in [3.05, 3.63) is 111 Å². The molecule has 0 aliphatic heterocycles. The smallest absolute Gasteiger partial charge is 0.255 e. The van der Waals surface area contributed by atoms with Gasteiger partial charge in [-0.2, -0.15) is 5.10 Å². The van der Waals surface area contributed by atoms with Gasteiger partial charge in [0.15, 0.2) is 0 Å². The molecule has 5 nitrogen and oxygen atoms in total. The van der Waals surface area contributed by atoms with Crippen LogP contribution in [0, 0.1) is 0 Å². The van der Waals surface area contributed by atoms with E-state index in [1.807, 2.05) is 66.7 Å². The van der Waals surface area contributed by atoms with Crippen LogP contribution in [0.5, 0.6) is 5.75 Å². The number of para-hydroxylation sites is 1. The molecule has 0 unspecified atom stereocenters. The van der Waals surface area contributed by atoms with Gasteiger partial charge < -0.3 is 10.1 Å². The van der Waals surface area contributed by atoms with Crippen molar-refractivity contribution in [1.29, 1.82) is 0 Å². The molecule has 31 heavy (non-hydrogen) atoms. The number of nitrogens with one attached hydrogen (secondary N) is 1. The first-order valence-corrected chi connectivity index (χ1v) is 10.8. The molecule has 0 radical (unpaired) electrons. The van der Waals surface area contributed by atoms with Gasteiger partial charge in [0, 0.05) is 16.8 Å². The number of benzene rings is 3. The molecule has 1 N–H and O–H groups in total. The van der Waals surface area contributed by atoms with Gasteiger partial charge in [0.05, 0.1) is 22.9 Å². The molecule has 0 bridgehead atoms. The van der Waals surface area contributed by atoms with Crippen LogP contribution in [-0.4, -0.2) is 15.7 Å². The number of carbonyl (C=O) groups excluding carboxylic acids is 1. The summed E-state index contributed by atoms with van der Waals surface area (Å²) in [6.07, 6.45) is 3.42. The summed E-state index contributed by atoms with van der Waals surface area (Å²) >= 11 is 9.50. The third-order valence-electron chi connectivity index (χ3n) is 4.54. The van der Waals surface area contributed by atoms with Gasteiger partial charge in [-0.15, -0.1) is 0 Å².